The number of nitrogens with zero attached hydrogens (tertiary/aromatic N) is 1. The lowest BCUT2D eigenvalue weighted by molar-refractivity contribution is -0.137. The van der Waals surface area contributed by atoms with Gasteiger partial charge < -0.3 is 10.8 Å². The minimum Gasteiger partial charge on any atom is -0.481 e. The zero-order valence-electron chi connectivity index (χ0n) is 11.5. The van der Waals surface area contributed by atoms with Crippen LogP contribution in [0, 0.1) is 0 Å². The number of hydrogen-bond acceptors (Lipinski definition) is 3. The second-order valence-corrected chi connectivity index (χ2v) is 5.78. The molecule has 1 fully saturated rings. The number of carboxylic acid groups (broad SMARTS) is 1. The molecule has 0 radical (unpaired) electrons. The van der Waals surface area contributed by atoms with Gasteiger partial charge in [-0.15, -0.1) is 0 Å². The second-order valence-electron chi connectivity index (χ2n) is 5.37. The Bertz CT molecular complexity index is 473. The van der Waals surface area contributed by atoms with E-state index in [1.807, 2.05) is 18.2 Å². The molecule has 5 heteroatoms. The maximum Gasteiger partial charge on any atom is 0.303 e. The largest absolute Gasteiger partial charge is 0.481 e. The summed E-state index contributed by atoms with van der Waals surface area (Å²) in [6.07, 6.45) is 3.02. The van der Waals surface area contributed by atoms with Crippen LogP contribution in [0.5, 0.6) is 0 Å². The molecule has 0 spiro atoms. The molecular weight excluding hydrogens is 276 g/mol. The molecule has 1 aliphatic heterocycles. The van der Waals surface area contributed by atoms with Gasteiger partial charge in [0.15, 0.2) is 0 Å². The van der Waals surface area contributed by atoms with E-state index in [1.165, 1.54) is 12.8 Å². The van der Waals surface area contributed by atoms with Crippen LogP contribution in [0.2, 0.25) is 5.02 Å². The fourth-order valence-electron chi connectivity index (χ4n) is 2.55. The summed E-state index contributed by atoms with van der Waals surface area (Å²) in [6.45, 7) is 3.15. The summed E-state index contributed by atoms with van der Waals surface area (Å²) in [5.74, 6) is -0.822. The van der Waals surface area contributed by atoms with Crippen molar-refractivity contribution in [3.8, 4) is 0 Å². The van der Waals surface area contributed by atoms with Gasteiger partial charge in [-0.05, 0) is 49.5 Å². The van der Waals surface area contributed by atoms with E-state index in [9.17, 15) is 4.79 Å². The topological polar surface area (TPSA) is 66.6 Å². The smallest absolute Gasteiger partial charge is 0.303 e. The molecule has 1 heterocycles. The van der Waals surface area contributed by atoms with Crippen LogP contribution in [0.15, 0.2) is 18.2 Å². The van der Waals surface area contributed by atoms with Crippen LogP contribution in [-0.2, 0) is 11.3 Å². The number of halogens is 1. The normalized spacial score (nSPS) is 17.3. The molecule has 1 atom stereocenters. The summed E-state index contributed by atoms with van der Waals surface area (Å²) in [4.78, 5) is 13.0. The zero-order valence-corrected chi connectivity index (χ0v) is 12.3. The van der Waals surface area contributed by atoms with Gasteiger partial charge in [0, 0.05) is 24.0 Å². The highest BCUT2D eigenvalue weighted by atomic mass is 35.5. The quantitative estimate of drug-likeness (QED) is 0.847. The number of carbonyl (C=O) groups is 1. The molecular formula is C15H21ClN2O2. The van der Waals surface area contributed by atoms with E-state index in [0.29, 0.717) is 6.42 Å². The van der Waals surface area contributed by atoms with Crippen LogP contribution in [0.3, 0.4) is 0 Å². The van der Waals surface area contributed by atoms with Crippen molar-refractivity contribution < 1.29 is 9.90 Å². The molecule has 0 bridgehead atoms. The summed E-state index contributed by atoms with van der Waals surface area (Å²) < 4.78 is 0. The van der Waals surface area contributed by atoms with Crippen LogP contribution in [0.25, 0.3) is 0 Å². The SMILES string of the molecule is NC(CCC(=O)O)c1ccc(CN2CCCC2)c(Cl)c1. The number of nitrogens with two attached hydrogens (primary N) is 1. The van der Waals surface area contributed by atoms with Gasteiger partial charge in [-0.25, -0.2) is 0 Å². The monoisotopic (exact) mass is 296 g/mol. The summed E-state index contributed by atoms with van der Waals surface area (Å²) >= 11 is 6.32. The van der Waals surface area contributed by atoms with Crippen molar-refractivity contribution in [2.24, 2.45) is 5.73 Å². The Balaban J connectivity index is 1.98. The van der Waals surface area contributed by atoms with E-state index in [2.05, 4.69) is 4.90 Å². The van der Waals surface area contributed by atoms with Crippen LogP contribution in [0.1, 0.15) is 42.9 Å². The van der Waals surface area contributed by atoms with Crippen LogP contribution in [0.4, 0.5) is 0 Å². The lowest BCUT2D eigenvalue weighted by atomic mass is 10.0. The van der Waals surface area contributed by atoms with Crippen LogP contribution >= 0.6 is 11.6 Å². The lowest BCUT2D eigenvalue weighted by Gasteiger charge is -2.17. The predicted octanol–water partition coefficient (Wildman–Crippen LogP) is 2.80. The second kappa shape index (κ2) is 7.07. The van der Waals surface area contributed by atoms with Gasteiger partial charge in [-0.2, -0.15) is 0 Å². The minimum absolute atomic E-state index is 0.0777. The number of likely N-dealkylation sites (tertiary alicyclic amines) is 1. The molecule has 1 saturated heterocycles. The zero-order chi connectivity index (χ0) is 14.5. The summed E-state index contributed by atoms with van der Waals surface area (Å²) in [5, 5.41) is 9.40. The van der Waals surface area contributed by atoms with Crippen LogP contribution in [-0.4, -0.2) is 29.1 Å². The Labute approximate surface area is 124 Å². The molecule has 0 aliphatic carbocycles. The van der Waals surface area contributed by atoms with E-state index < -0.39 is 5.97 Å². The first kappa shape index (κ1) is 15.3. The average molecular weight is 297 g/mol. The standard InChI is InChI=1S/C15H21ClN2O2/c16-13-9-11(14(17)5-6-15(19)20)3-4-12(13)10-18-7-1-2-8-18/h3-4,9,14H,1-2,5-8,10,17H2,(H,19,20). The fourth-order valence-corrected chi connectivity index (χ4v) is 2.80. The summed E-state index contributed by atoms with van der Waals surface area (Å²) in [6, 6.07) is 5.57. The lowest BCUT2D eigenvalue weighted by Crippen LogP contribution is -2.19. The van der Waals surface area contributed by atoms with Crippen molar-refractivity contribution in [1.82, 2.24) is 4.90 Å². The molecule has 1 aromatic carbocycles. The highest BCUT2D eigenvalue weighted by Gasteiger charge is 2.15. The van der Waals surface area contributed by atoms with Crippen molar-refractivity contribution in [2.75, 3.05) is 13.1 Å². The predicted molar refractivity (Wildman–Crippen MR) is 79.8 cm³/mol. The third-order valence-electron chi connectivity index (χ3n) is 3.77. The van der Waals surface area contributed by atoms with Gasteiger partial charge in [-0.3, -0.25) is 9.69 Å². The maximum absolute atomic E-state index is 10.6. The van der Waals surface area contributed by atoms with Crippen molar-refractivity contribution in [3.63, 3.8) is 0 Å². The Morgan fingerprint density at radius 3 is 2.70 bits per heavy atom. The molecule has 3 N–H and O–H groups in total. The molecule has 110 valence electrons. The van der Waals surface area contributed by atoms with Crippen molar-refractivity contribution in [1.29, 1.82) is 0 Å². The average Bonchev–Trinajstić information content (AvgIpc) is 2.91. The number of rotatable bonds is 6. The fraction of sp³-hybridized carbons (Fsp3) is 0.533. The third kappa shape index (κ3) is 4.20. The van der Waals surface area contributed by atoms with Gasteiger partial charge in [0.05, 0.1) is 0 Å². The third-order valence-corrected chi connectivity index (χ3v) is 4.12. The highest BCUT2D eigenvalue weighted by Crippen LogP contribution is 2.25. The highest BCUT2D eigenvalue weighted by molar-refractivity contribution is 6.31. The van der Waals surface area contributed by atoms with Crippen molar-refractivity contribution in [2.45, 2.75) is 38.3 Å². The van der Waals surface area contributed by atoms with Gasteiger partial charge in [-0.1, -0.05) is 23.7 Å². The van der Waals surface area contributed by atoms with E-state index in [4.69, 9.17) is 22.4 Å². The molecule has 0 amide bonds. The van der Waals surface area contributed by atoms with Gasteiger partial charge >= 0.3 is 5.97 Å². The van der Waals surface area contributed by atoms with Gasteiger partial charge in [0.1, 0.15) is 0 Å². The summed E-state index contributed by atoms with van der Waals surface area (Å²) in [7, 11) is 0. The van der Waals surface area contributed by atoms with E-state index in [-0.39, 0.29) is 12.5 Å². The number of carboxylic acids is 1. The maximum atomic E-state index is 10.6. The van der Waals surface area contributed by atoms with E-state index in [0.717, 1.165) is 35.8 Å². The Hall–Kier alpha value is -1.10. The van der Waals surface area contributed by atoms with E-state index in [1.54, 1.807) is 0 Å². The van der Waals surface area contributed by atoms with Crippen LogP contribution < -0.4 is 5.73 Å². The number of benzene rings is 1. The first-order chi connectivity index (χ1) is 9.56. The molecule has 2 rings (SSSR count). The molecule has 1 aliphatic rings. The molecule has 1 aromatic rings. The first-order valence-corrected chi connectivity index (χ1v) is 7.42. The van der Waals surface area contributed by atoms with Crippen molar-refractivity contribution in [3.05, 3.63) is 34.3 Å². The summed E-state index contributed by atoms with van der Waals surface area (Å²) in [5.41, 5.74) is 8.01. The van der Waals surface area contributed by atoms with Gasteiger partial charge in [0.2, 0.25) is 0 Å². The molecule has 20 heavy (non-hydrogen) atoms. The Morgan fingerprint density at radius 2 is 2.10 bits per heavy atom. The first-order valence-electron chi connectivity index (χ1n) is 7.04. The number of aliphatic carboxylic acids is 1. The number of hydrogen-bond donors (Lipinski definition) is 2. The molecule has 4 nitrogen and oxygen atoms in total. The Morgan fingerprint density at radius 1 is 1.40 bits per heavy atom. The molecule has 1 unspecified atom stereocenters. The van der Waals surface area contributed by atoms with Crippen molar-refractivity contribution >= 4 is 17.6 Å². The van der Waals surface area contributed by atoms with Gasteiger partial charge in [0.25, 0.3) is 0 Å². The minimum atomic E-state index is -0.822. The van der Waals surface area contributed by atoms with E-state index >= 15 is 0 Å². The molecule has 0 saturated carbocycles. The Kier molecular flexibility index (Phi) is 5.40. The molecule has 0 aromatic heterocycles.